The number of aliphatic hydroxyl groups excluding tert-OH is 1. The van der Waals surface area contributed by atoms with Gasteiger partial charge in [0.1, 0.15) is 19.3 Å². The van der Waals surface area contributed by atoms with Crippen LogP contribution in [0.1, 0.15) is 408 Å². The minimum Gasteiger partial charge on any atom is -0.462 e. The zero-order chi connectivity index (χ0) is 71.4. The van der Waals surface area contributed by atoms with Crippen LogP contribution in [0.15, 0.2) is 0 Å². The Kier molecular flexibility index (Phi) is 68.4. The van der Waals surface area contributed by atoms with Crippen LogP contribution in [-0.4, -0.2) is 96.7 Å². The summed E-state index contributed by atoms with van der Waals surface area (Å²) in [5.74, 6) is -0.627. The number of hydrogen-bond donors (Lipinski definition) is 3. The Morgan fingerprint density at radius 2 is 0.474 bits per heavy atom. The van der Waals surface area contributed by atoms with Gasteiger partial charge in [0.05, 0.1) is 26.4 Å². The predicted molar refractivity (Wildman–Crippen MR) is 395 cm³/mol. The molecule has 0 aliphatic rings. The standard InChI is InChI=1S/C78H152O17P2/c1-7-9-11-13-15-17-19-20-21-22-23-24-28-31-34-38-41-48-54-60-75(80)88-66-73(94-78(83)63-57-51-43-39-35-32-29-26-25-27-30-33-36-40-46-52-58-70(3)4)68-92-96(84,85)90-64-72(79)65-91-97(86,87)93-69-74(67-89-76(81)61-55-49-45-44-47-53-59-71(5)6)95-77(82)62-56-50-42-37-18-16-14-12-10-8-2/h70-74,79H,7-69H2,1-6H3,(H,84,85)(H,86,87)/t72-,73-,74-/m1/s1. The highest BCUT2D eigenvalue weighted by Crippen LogP contribution is 2.45. The largest absolute Gasteiger partial charge is 0.472 e. The number of hydrogen-bond acceptors (Lipinski definition) is 15. The van der Waals surface area contributed by atoms with Gasteiger partial charge in [-0.05, 0) is 37.5 Å². The molecular formula is C78H152O17P2. The lowest BCUT2D eigenvalue weighted by Gasteiger charge is -2.21. The highest BCUT2D eigenvalue weighted by atomic mass is 31.2. The van der Waals surface area contributed by atoms with Crippen molar-refractivity contribution in [3.05, 3.63) is 0 Å². The number of unbranched alkanes of at least 4 members (excludes halogenated alkanes) is 47. The van der Waals surface area contributed by atoms with Crippen LogP contribution in [0.3, 0.4) is 0 Å². The van der Waals surface area contributed by atoms with Gasteiger partial charge in [-0.25, -0.2) is 9.13 Å². The second-order valence-corrected chi connectivity index (χ2v) is 32.0. The van der Waals surface area contributed by atoms with Crippen LogP contribution < -0.4 is 0 Å². The first kappa shape index (κ1) is 95.1. The van der Waals surface area contributed by atoms with Crippen molar-refractivity contribution in [1.29, 1.82) is 0 Å². The molecular weight excluding hydrogens is 1270 g/mol. The number of phosphoric ester groups is 2. The Morgan fingerprint density at radius 1 is 0.278 bits per heavy atom. The maximum Gasteiger partial charge on any atom is 0.472 e. The number of esters is 4. The molecule has 5 atom stereocenters. The van der Waals surface area contributed by atoms with Crippen molar-refractivity contribution in [2.24, 2.45) is 11.8 Å². The van der Waals surface area contributed by atoms with Gasteiger partial charge in [-0.2, -0.15) is 0 Å². The summed E-state index contributed by atoms with van der Waals surface area (Å²) in [5.41, 5.74) is 0. The number of aliphatic hydroxyl groups is 1. The van der Waals surface area contributed by atoms with Crippen LogP contribution in [0, 0.1) is 11.8 Å². The van der Waals surface area contributed by atoms with Gasteiger partial charge in [-0.15, -0.1) is 0 Å². The van der Waals surface area contributed by atoms with Crippen molar-refractivity contribution in [3.63, 3.8) is 0 Å². The van der Waals surface area contributed by atoms with Gasteiger partial charge in [0, 0.05) is 25.7 Å². The quantitative estimate of drug-likeness (QED) is 0.0222. The molecule has 19 heteroatoms. The molecule has 0 saturated heterocycles. The number of rotatable bonds is 77. The first-order valence-corrected chi connectivity index (χ1v) is 43.5. The molecule has 0 amide bonds. The Labute approximate surface area is 594 Å². The minimum atomic E-state index is -4.96. The summed E-state index contributed by atoms with van der Waals surface area (Å²) >= 11 is 0. The topological polar surface area (TPSA) is 237 Å². The van der Waals surface area contributed by atoms with E-state index in [1.54, 1.807) is 0 Å². The van der Waals surface area contributed by atoms with Crippen LogP contribution in [-0.2, 0) is 65.4 Å². The first-order valence-electron chi connectivity index (χ1n) is 40.5. The smallest absolute Gasteiger partial charge is 0.462 e. The van der Waals surface area contributed by atoms with Gasteiger partial charge in [0.25, 0.3) is 0 Å². The van der Waals surface area contributed by atoms with Gasteiger partial charge >= 0.3 is 39.5 Å². The molecule has 0 bridgehead atoms. The maximum absolute atomic E-state index is 13.1. The number of carbonyl (C=O) groups excluding carboxylic acids is 4. The Morgan fingerprint density at radius 3 is 0.701 bits per heavy atom. The lowest BCUT2D eigenvalue weighted by atomic mass is 10.0. The number of ether oxygens (including phenoxy) is 4. The molecule has 0 heterocycles. The zero-order valence-corrected chi connectivity index (χ0v) is 65.2. The van der Waals surface area contributed by atoms with Crippen molar-refractivity contribution in [3.8, 4) is 0 Å². The van der Waals surface area contributed by atoms with Gasteiger partial charge in [0.15, 0.2) is 12.2 Å². The second-order valence-electron chi connectivity index (χ2n) is 29.1. The van der Waals surface area contributed by atoms with E-state index in [1.165, 1.54) is 218 Å². The Bertz CT molecular complexity index is 1870. The monoisotopic (exact) mass is 1420 g/mol. The fraction of sp³-hybridized carbons (Fsp3) is 0.949. The molecule has 576 valence electrons. The molecule has 3 N–H and O–H groups in total. The van der Waals surface area contributed by atoms with E-state index in [2.05, 4.69) is 41.5 Å². The van der Waals surface area contributed by atoms with Crippen molar-refractivity contribution in [2.45, 2.75) is 426 Å². The second kappa shape index (κ2) is 69.8. The summed E-state index contributed by atoms with van der Waals surface area (Å²) in [5, 5.41) is 10.6. The predicted octanol–water partition coefficient (Wildman–Crippen LogP) is 23.1. The van der Waals surface area contributed by atoms with E-state index in [1.807, 2.05) is 0 Å². The van der Waals surface area contributed by atoms with Crippen LogP contribution in [0.25, 0.3) is 0 Å². The third-order valence-electron chi connectivity index (χ3n) is 18.2. The van der Waals surface area contributed by atoms with Crippen LogP contribution in [0.5, 0.6) is 0 Å². The fourth-order valence-corrected chi connectivity index (χ4v) is 13.6. The average Bonchev–Trinajstić information content (AvgIpc) is 3.45. The third kappa shape index (κ3) is 72.2. The molecule has 0 rings (SSSR count). The third-order valence-corrected chi connectivity index (χ3v) is 20.1. The van der Waals surface area contributed by atoms with Crippen LogP contribution >= 0.6 is 15.6 Å². The Hall–Kier alpha value is -1.94. The molecule has 0 aromatic carbocycles. The summed E-state index contributed by atoms with van der Waals surface area (Å²) in [6, 6.07) is 0. The lowest BCUT2D eigenvalue weighted by Crippen LogP contribution is -2.30. The highest BCUT2D eigenvalue weighted by molar-refractivity contribution is 7.47. The van der Waals surface area contributed by atoms with E-state index in [-0.39, 0.29) is 25.7 Å². The summed E-state index contributed by atoms with van der Waals surface area (Å²) in [6.07, 6.45) is 58.6. The molecule has 0 saturated carbocycles. The first-order chi connectivity index (χ1) is 46.9. The normalized spacial score (nSPS) is 14.0. The van der Waals surface area contributed by atoms with E-state index >= 15 is 0 Å². The molecule has 17 nitrogen and oxygen atoms in total. The summed E-state index contributed by atoms with van der Waals surface area (Å²) < 4.78 is 68.5. The van der Waals surface area contributed by atoms with Crippen LogP contribution in [0.4, 0.5) is 0 Å². The molecule has 0 fully saturated rings. The van der Waals surface area contributed by atoms with Crippen molar-refractivity contribution in [2.75, 3.05) is 39.6 Å². The Balaban J connectivity index is 5.19. The minimum absolute atomic E-state index is 0.106. The zero-order valence-electron chi connectivity index (χ0n) is 63.4. The molecule has 0 aromatic rings. The van der Waals surface area contributed by atoms with Gasteiger partial charge in [-0.1, -0.05) is 356 Å². The van der Waals surface area contributed by atoms with Gasteiger partial charge in [-0.3, -0.25) is 37.3 Å². The molecule has 0 spiro atoms. The molecule has 0 aliphatic heterocycles. The molecule has 0 aliphatic carbocycles. The van der Waals surface area contributed by atoms with E-state index in [9.17, 15) is 43.2 Å². The summed E-state index contributed by atoms with van der Waals surface area (Å²) in [7, 11) is -9.91. The van der Waals surface area contributed by atoms with Crippen LogP contribution in [0.2, 0.25) is 0 Å². The van der Waals surface area contributed by atoms with E-state index in [4.69, 9.17) is 37.0 Å². The van der Waals surface area contributed by atoms with Crippen molar-refractivity contribution < 1.29 is 80.2 Å². The van der Waals surface area contributed by atoms with Gasteiger partial charge in [0.2, 0.25) is 0 Å². The number of phosphoric acid groups is 2. The van der Waals surface area contributed by atoms with Crippen molar-refractivity contribution >= 4 is 39.5 Å². The number of carbonyl (C=O) groups is 4. The summed E-state index contributed by atoms with van der Waals surface area (Å²) in [6.45, 7) is 9.54. The SMILES string of the molecule is CCCCCCCCCCCCCCCCCCCCCC(=O)OC[C@H](COP(=O)(O)OC[C@@H](O)COP(=O)(O)OC[C@@H](COC(=O)CCCCCCCCC(C)C)OC(=O)CCCCCCCCCCCC)OC(=O)CCCCCCCCCCCCCCCCCCC(C)C. The molecule has 97 heavy (non-hydrogen) atoms. The molecule has 2 unspecified atom stereocenters. The summed E-state index contributed by atoms with van der Waals surface area (Å²) in [4.78, 5) is 72.8. The molecule has 0 radical (unpaired) electrons. The maximum atomic E-state index is 13.1. The van der Waals surface area contributed by atoms with Gasteiger partial charge < -0.3 is 33.8 Å². The lowest BCUT2D eigenvalue weighted by molar-refractivity contribution is -0.161. The molecule has 0 aromatic heterocycles. The fourth-order valence-electron chi connectivity index (χ4n) is 12.0. The highest BCUT2D eigenvalue weighted by Gasteiger charge is 2.30. The van der Waals surface area contributed by atoms with E-state index < -0.39 is 97.5 Å². The van der Waals surface area contributed by atoms with E-state index in [0.717, 1.165) is 102 Å². The van der Waals surface area contributed by atoms with E-state index in [0.29, 0.717) is 31.6 Å². The van der Waals surface area contributed by atoms with Crippen molar-refractivity contribution in [1.82, 2.24) is 0 Å². The average molecular weight is 1420 g/mol.